The van der Waals surface area contributed by atoms with Gasteiger partial charge in [0, 0.05) is 43.5 Å². The molecule has 0 bridgehead atoms. The summed E-state index contributed by atoms with van der Waals surface area (Å²) in [7, 11) is 4.17. The molecule has 2 fully saturated rings. The van der Waals surface area contributed by atoms with Gasteiger partial charge in [-0.25, -0.2) is 9.97 Å². The number of halogens is 2. The van der Waals surface area contributed by atoms with Crippen LogP contribution in [-0.4, -0.2) is 77.6 Å². The quantitative estimate of drug-likeness (QED) is 0.227. The van der Waals surface area contributed by atoms with E-state index >= 15 is 0 Å². The van der Waals surface area contributed by atoms with Crippen molar-refractivity contribution >= 4 is 51.4 Å². The van der Waals surface area contributed by atoms with Crippen LogP contribution in [-0.2, 0) is 0 Å². The summed E-state index contributed by atoms with van der Waals surface area (Å²) in [6.45, 7) is 8.75. The van der Waals surface area contributed by atoms with E-state index in [1.165, 1.54) is 6.92 Å². The molecule has 2 aliphatic heterocycles. The van der Waals surface area contributed by atoms with E-state index in [1.54, 1.807) is 36.8 Å². The van der Waals surface area contributed by atoms with Gasteiger partial charge in [0.05, 0.1) is 39.7 Å². The normalized spacial score (nSPS) is 18.2. The Morgan fingerprint density at radius 3 is 2.55 bits per heavy atom. The van der Waals surface area contributed by atoms with Crippen LogP contribution in [0.3, 0.4) is 0 Å². The molecule has 0 saturated carbocycles. The minimum Gasteiger partial charge on any atom is -0.474 e. The van der Waals surface area contributed by atoms with Crippen LogP contribution in [0.1, 0.15) is 37.6 Å². The number of ketones is 1. The second-order valence-electron chi connectivity index (χ2n) is 12.6. The number of ether oxygens (including phenoxy) is 1. The zero-order chi connectivity index (χ0) is 31.3. The average Bonchev–Trinajstić information content (AvgIpc) is 3.25. The molecule has 4 aromatic rings. The third-order valence-corrected chi connectivity index (χ3v) is 9.66. The highest BCUT2D eigenvalue weighted by Crippen LogP contribution is 2.43. The minimum absolute atomic E-state index is 0.0457. The molecule has 2 aliphatic rings. The molecular formula is C33H36Cl2N6O3. The second kappa shape index (κ2) is 11.7. The predicted octanol–water partition coefficient (Wildman–Crippen LogP) is 5.72. The number of anilines is 2. The van der Waals surface area contributed by atoms with Crippen molar-refractivity contribution in [2.45, 2.75) is 39.3 Å². The Kier molecular flexibility index (Phi) is 8.07. The van der Waals surface area contributed by atoms with E-state index < -0.39 is 0 Å². The van der Waals surface area contributed by atoms with E-state index in [9.17, 15) is 9.59 Å². The van der Waals surface area contributed by atoms with E-state index in [-0.39, 0.29) is 28.2 Å². The highest BCUT2D eigenvalue weighted by Gasteiger charge is 2.42. The molecule has 0 unspecified atom stereocenters. The summed E-state index contributed by atoms with van der Waals surface area (Å²) < 4.78 is 7.98. The van der Waals surface area contributed by atoms with Crippen molar-refractivity contribution in [1.82, 2.24) is 19.4 Å². The Bertz CT molecular complexity index is 1780. The molecule has 1 atom stereocenters. The number of hydrogen-bond acceptors (Lipinski definition) is 8. The standard InChI is InChI=1S/C33H36Cl2N6O3/c1-20(42)24-18-41(21-8-9-30(37-15-21)39-16-22(17-39)38(4)5)27-14-28(26(35)13-23(27)31(24)43)40-12-10-33(2,3)29(40)19-44-32-25(34)7-6-11-36-32/h6-9,11,13-15,18,22,29H,10,12,16-17,19H2,1-5H3/t29-/m0/s1. The van der Waals surface area contributed by atoms with E-state index in [4.69, 9.17) is 32.9 Å². The van der Waals surface area contributed by atoms with Gasteiger partial charge in [0.15, 0.2) is 11.2 Å². The monoisotopic (exact) mass is 634 g/mol. The van der Waals surface area contributed by atoms with Gasteiger partial charge in [0.1, 0.15) is 17.4 Å². The minimum atomic E-state index is -0.344. The summed E-state index contributed by atoms with van der Waals surface area (Å²) in [4.78, 5) is 41.7. The van der Waals surface area contributed by atoms with Crippen LogP contribution in [0.2, 0.25) is 10.0 Å². The molecule has 0 radical (unpaired) electrons. The van der Waals surface area contributed by atoms with Crippen LogP contribution in [0, 0.1) is 5.41 Å². The maximum atomic E-state index is 13.5. The molecule has 6 rings (SSSR count). The number of fused-ring (bicyclic) bond motifs is 1. The summed E-state index contributed by atoms with van der Waals surface area (Å²) in [6, 6.07) is 11.6. The van der Waals surface area contributed by atoms with E-state index in [0.717, 1.165) is 43.2 Å². The molecule has 5 heterocycles. The van der Waals surface area contributed by atoms with Crippen LogP contribution in [0.15, 0.2) is 59.8 Å². The lowest BCUT2D eigenvalue weighted by Crippen LogP contribution is -2.57. The van der Waals surface area contributed by atoms with Crippen molar-refractivity contribution in [2.75, 3.05) is 50.1 Å². The van der Waals surface area contributed by atoms with Crippen LogP contribution in [0.4, 0.5) is 11.5 Å². The third kappa shape index (κ3) is 5.53. The number of nitrogens with zero attached hydrogens (tertiary/aromatic N) is 6. The highest BCUT2D eigenvalue weighted by atomic mass is 35.5. The van der Waals surface area contributed by atoms with Gasteiger partial charge in [-0.2, -0.15) is 0 Å². The number of Topliss-reactive ketones (excluding diaryl/α,β-unsaturated/α-hetero) is 1. The molecule has 0 amide bonds. The van der Waals surface area contributed by atoms with Crippen molar-refractivity contribution < 1.29 is 9.53 Å². The molecule has 1 aromatic carbocycles. The molecule has 0 spiro atoms. The first kappa shape index (κ1) is 30.4. The Hall–Kier alpha value is -3.66. The Labute approximate surface area is 267 Å². The first-order chi connectivity index (χ1) is 20.9. The first-order valence-electron chi connectivity index (χ1n) is 14.7. The van der Waals surface area contributed by atoms with Gasteiger partial charge in [0.2, 0.25) is 5.88 Å². The van der Waals surface area contributed by atoms with Crippen LogP contribution in [0.5, 0.6) is 5.88 Å². The molecule has 3 aromatic heterocycles. The zero-order valence-corrected chi connectivity index (χ0v) is 27.1. The van der Waals surface area contributed by atoms with Crippen LogP contribution >= 0.6 is 23.2 Å². The van der Waals surface area contributed by atoms with Crippen LogP contribution < -0.4 is 20.0 Å². The van der Waals surface area contributed by atoms with Gasteiger partial charge >= 0.3 is 0 Å². The van der Waals surface area contributed by atoms with Gasteiger partial charge in [-0.05, 0) is 69.3 Å². The number of rotatable bonds is 8. The lowest BCUT2D eigenvalue weighted by molar-refractivity contribution is 0.101. The molecule has 44 heavy (non-hydrogen) atoms. The lowest BCUT2D eigenvalue weighted by atomic mass is 9.85. The number of benzene rings is 1. The van der Waals surface area contributed by atoms with Crippen LogP contribution in [0.25, 0.3) is 16.6 Å². The molecule has 0 aliphatic carbocycles. The third-order valence-electron chi connectivity index (χ3n) is 9.07. The van der Waals surface area contributed by atoms with E-state index in [0.29, 0.717) is 39.5 Å². The van der Waals surface area contributed by atoms with E-state index in [1.807, 2.05) is 22.8 Å². The van der Waals surface area contributed by atoms with Crippen molar-refractivity contribution in [3.63, 3.8) is 0 Å². The summed E-state index contributed by atoms with van der Waals surface area (Å²) in [5, 5.41) is 1.26. The Balaban J connectivity index is 1.40. The first-order valence-corrected chi connectivity index (χ1v) is 15.5. The fourth-order valence-corrected chi connectivity index (χ4v) is 6.54. The number of carbonyl (C=O) groups is 1. The van der Waals surface area contributed by atoms with Crippen molar-refractivity contribution in [3.05, 3.63) is 80.8 Å². The maximum Gasteiger partial charge on any atom is 0.232 e. The Morgan fingerprint density at radius 2 is 1.89 bits per heavy atom. The fraction of sp³-hybridized carbons (Fsp3) is 0.394. The van der Waals surface area contributed by atoms with Crippen molar-refractivity contribution in [3.8, 4) is 11.6 Å². The molecule has 11 heteroatoms. The van der Waals surface area contributed by atoms with Gasteiger partial charge < -0.3 is 24.0 Å². The number of aromatic nitrogens is 3. The molecule has 2 saturated heterocycles. The lowest BCUT2D eigenvalue weighted by Gasteiger charge is -2.43. The molecule has 230 valence electrons. The molecule has 9 nitrogen and oxygen atoms in total. The van der Waals surface area contributed by atoms with Gasteiger partial charge in [-0.15, -0.1) is 0 Å². The number of pyridine rings is 3. The van der Waals surface area contributed by atoms with Gasteiger partial charge in [-0.3, -0.25) is 9.59 Å². The highest BCUT2D eigenvalue weighted by molar-refractivity contribution is 6.34. The summed E-state index contributed by atoms with van der Waals surface area (Å²) in [5.41, 5.74) is 1.83. The van der Waals surface area contributed by atoms with Crippen molar-refractivity contribution in [2.24, 2.45) is 5.41 Å². The largest absolute Gasteiger partial charge is 0.474 e. The maximum absolute atomic E-state index is 13.5. The predicted molar refractivity (Wildman–Crippen MR) is 176 cm³/mol. The van der Waals surface area contributed by atoms with Gasteiger partial charge in [0.25, 0.3) is 0 Å². The Morgan fingerprint density at radius 1 is 1.11 bits per heavy atom. The second-order valence-corrected chi connectivity index (χ2v) is 13.4. The fourth-order valence-electron chi connectivity index (χ4n) is 6.09. The summed E-state index contributed by atoms with van der Waals surface area (Å²) >= 11 is 13.2. The van der Waals surface area contributed by atoms with Crippen molar-refractivity contribution in [1.29, 1.82) is 0 Å². The number of carbonyl (C=O) groups excluding carboxylic acids is 1. The van der Waals surface area contributed by atoms with Gasteiger partial charge in [-0.1, -0.05) is 37.0 Å². The smallest absolute Gasteiger partial charge is 0.232 e. The number of likely N-dealkylation sites (N-methyl/N-ethyl adjacent to an activating group) is 1. The SMILES string of the molecule is CC(=O)c1cn(-c2ccc(N3CC(N(C)C)C3)nc2)c2cc(N3CCC(C)(C)[C@@H]3COc3ncccc3Cl)c(Cl)cc2c1=O. The topological polar surface area (TPSA) is 83.8 Å². The molecule has 0 N–H and O–H groups in total. The zero-order valence-electron chi connectivity index (χ0n) is 25.6. The number of hydrogen-bond donors (Lipinski definition) is 0. The summed E-state index contributed by atoms with van der Waals surface area (Å²) in [5.74, 6) is 0.971. The van der Waals surface area contributed by atoms with E-state index in [2.05, 4.69) is 47.6 Å². The molecular weight excluding hydrogens is 599 g/mol. The average molecular weight is 636 g/mol. The summed E-state index contributed by atoms with van der Waals surface area (Å²) in [6.07, 6.45) is 5.97.